The predicted molar refractivity (Wildman–Crippen MR) is 50.8 cm³/mol. The Morgan fingerprint density at radius 1 is 1.50 bits per heavy atom. The second-order valence-corrected chi connectivity index (χ2v) is 4.58. The molecule has 72 valence electrons. The maximum absolute atomic E-state index is 10.1. The van der Waals surface area contributed by atoms with Crippen molar-refractivity contribution in [2.45, 2.75) is 26.2 Å². The van der Waals surface area contributed by atoms with Crippen molar-refractivity contribution in [1.82, 2.24) is 0 Å². The van der Waals surface area contributed by atoms with Gasteiger partial charge in [-0.2, -0.15) is 0 Å². The molecule has 0 spiro atoms. The molecule has 0 saturated carbocycles. The van der Waals surface area contributed by atoms with E-state index in [-0.39, 0.29) is 14.6 Å². The van der Waals surface area contributed by atoms with Crippen molar-refractivity contribution < 1.29 is 14.4 Å². The van der Waals surface area contributed by atoms with E-state index >= 15 is 0 Å². The molecule has 0 rings (SSSR count). The Balaban J connectivity index is 3.13. The molecule has 0 saturated heterocycles. The van der Waals surface area contributed by atoms with Crippen molar-refractivity contribution in [3.63, 3.8) is 0 Å². The Hall–Kier alpha value is -0.140. The smallest absolute Gasteiger partial charge is 0.303 e. The van der Waals surface area contributed by atoms with Gasteiger partial charge in [0.05, 0.1) is 0 Å². The molecule has 0 fully saturated rings. The fourth-order valence-electron chi connectivity index (χ4n) is 0.896. The highest BCUT2D eigenvalue weighted by Crippen LogP contribution is 2.32. The monoisotopic (exact) mass is 192 g/mol. The van der Waals surface area contributed by atoms with Crippen molar-refractivity contribution in [2.75, 3.05) is 19.4 Å². The average molecular weight is 192 g/mol. The van der Waals surface area contributed by atoms with Gasteiger partial charge in [0, 0.05) is 21.2 Å². The van der Waals surface area contributed by atoms with Gasteiger partial charge in [-0.15, -0.1) is 0 Å². The zero-order chi connectivity index (χ0) is 9.40. The van der Waals surface area contributed by atoms with E-state index in [0.29, 0.717) is 0 Å². The molecular weight excluding hydrogens is 175 g/mol. The van der Waals surface area contributed by atoms with Gasteiger partial charge in [-0.25, -0.2) is 0 Å². The maximum atomic E-state index is 10.1. The van der Waals surface area contributed by atoms with Crippen LogP contribution in [0, 0.1) is 0 Å². The van der Waals surface area contributed by atoms with Crippen LogP contribution in [-0.2, 0) is 9.32 Å². The first-order valence-electron chi connectivity index (χ1n) is 4.22. The van der Waals surface area contributed by atoms with Crippen molar-refractivity contribution in [2.24, 2.45) is 0 Å². The number of aliphatic carboxylic acids is 1. The number of carboxylic acids is 1. The number of carboxylic acid groups (broad SMARTS) is 1. The van der Waals surface area contributed by atoms with E-state index in [4.69, 9.17) is 9.63 Å². The molecule has 4 heteroatoms. The molecule has 0 aliphatic carbocycles. The third kappa shape index (κ3) is 7.96. The van der Waals surface area contributed by atoms with Gasteiger partial charge in [-0.05, 0) is 32.6 Å². The van der Waals surface area contributed by atoms with Crippen LogP contribution in [0.4, 0.5) is 0 Å². The largest absolute Gasteiger partial charge is 0.481 e. The first-order chi connectivity index (χ1) is 5.66. The highest BCUT2D eigenvalue weighted by Gasteiger charge is 2.01. The highest BCUT2D eigenvalue weighted by molar-refractivity contribution is 7.51. The van der Waals surface area contributed by atoms with Crippen LogP contribution < -0.4 is 0 Å². The van der Waals surface area contributed by atoms with Gasteiger partial charge in [0.1, 0.15) is 0 Å². The molecular formula is C8H17O3P. The van der Waals surface area contributed by atoms with Crippen LogP contribution in [-0.4, -0.2) is 30.5 Å². The fraction of sp³-hybridized carbons (Fsp3) is 0.875. The third-order valence-electron chi connectivity index (χ3n) is 1.46. The van der Waals surface area contributed by atoms with E-state index < -0.39 is 5.97 Å². The molecule has 0 amide bonds. The van der Waals surface area contributed by atoms with Gasteiger partial charge in [0.15, 0.2) is 0 Å². The zero-order valence-corrected chi connectivity index (χ0v) is 8.64. The lowest BCUT2D eigenvalue weighted by molar-refractivity contribution is -0.137. The van der Waals surface area contributed by atoms with E-state index in [1.165, 1.54) is 0 Å². The first kappa shape index (κ1) is 11.9. The summed E-state index contributed by atoms with van der Waals surface area (Å²) in [5.74, 6) is -0.702. The Labute approximate surface area is 74.9 Å². The van der Waals surface area contributed by atoms with Crippen molar-refractivity contribution in [3.05, 3.63) is 0 Å². The molecule has 1 N–H and O–H groups in total. The van der Waals surface area contributed by atoms with Crippen molar-refractivity contribution in [3.8, 4) is 0 Å². The number of hydrogen-bond donors (Lipinski definition) is 1. The number of rotatable bonds is 7. The van der Waals surface area contributed by atoms with Crippen molar-refractivity contribution in [1.29, 1.82) is 0 Å². The summed E-state index contributed by atoms with van der Waals surface area (Å²) in [5, 5.41) is 8.36. The van der Waals surface area contributed by atoms with E-state index in [1.54, 1.807) is 0 Å². The van der Waals surface area contributed by atoms with Crippen LogP contribution >= 0.6 is 8.15 Å². The molecule has 3 nitrogen and oxygen atoms in total. The van der Waals surface area contributed by atoms with Gasteiger partial charge < -0.3 is 9.63 Å². The first-order valence-corrected chi connectivity index (χ1v) is 6.12. The Morgan fingerprint density at radius 3 is 2.67 bits per heavy atom. The fourth-order valence-corrected chi connectivity index (χ4v) is 2.13. The summed E-state index contributed by atoms with van der Waals surface area (Å²) >= 11 is 0. The molecule has 0 bridgehead atoms. The molecule has 12 heavy (non-hydrogen) atoms. The molecule has 0 aromatic rings. The minimum Gasteiger partial charge on any atom is -0.481 e. The standard InChI is InChI=1S/C8H17O3P/c1-3-11-12(2)7-5-4-6-8(9)10/h3-7H2,1-2H3,(H,9,10). The van der Waals surface area contributed by atoms with Gasteiger partial charge >= 0.3 is 5.97 Å². The predicted octanol–water partition coefficient (Wildman–Crippen LogP) is 2.30. The molecule has 0 heterocycles. The van der Waals surface area contributed by atoms with Crippen LogP contribution in [0.2, 0.25) is 0 Å². The molecule has 0 aromatic heterocycles. The number of carbonyl (C=O) groups is 1. The van der Waals surface area contributed by atoms with Crippen LogP contribution in [0.3, 0.4) is 0 Å². The van der Waals surface area contributed by atoms with Crippen LogP contribution in [0.5, 0.6) is 0 Å². The summed E-state index contributed by atoms with van der Waals surface area (Å²) < 4.78 is 5.37. The second kappa shape index (κ2) is 7.51. The Bertz CT molecular complexity index is 127. The van der Waals surface area contributed by atoms with Gasteiger partial charge in [0.25, 0.3) is 0 Å². The molecule has 0 aliphatic rings. The highest BCUT2D eigenvalue weighted by atomic mass is 31.1. The average Bonchev–Trinajstić information content (AvgIpc) is 1.98. The minimum absolute atomic E-state index is 0.287. The van der Waals surface area contributed by atoms with E-state index in [2.05, 4.69) is 6.66 Å². The van der Waals surface area contributed by atoms with Crippen LogP contribution in [0.15, 0.2) is 0 Å². The SMILES string of the molecule is CCOP(C)CCCCC(=O)O. The van der Waals surface area contributed by atoms with Crippen LogP contribution in [0.1, 0.15) is 26.2 Å². The Kier molecular flexibility index (Phi) is 7.42. The molecule has 1 unspecified atom stereocenters. The molecule has 1 atom stereocenters. The third-order valence-corrected chi connectivity index (χ3v) is 3.11. The lowest BCUT2D eigenvalue weighted by atomic mass is 10.2. The molecule has 0 aromatic carbocycles. The summed E-state index contributed by atoms with van der Waals surface area (Å²) in [6.07, 6.45) is 3.05. The minimum atomic E-state index is -0.702. The van der Waals surface area contributed by atoms with E-state index in [1.807, 2.05) is 6.92 Å². The second-order valence-electron chi connectivity index (χ2n) is 2.62. The zero-order valence-electron chi connectivity index (χ0n) is 7.75. The van der Waals surface area contributed by atoms with E-state index in [0.717, 1.165) is 25.6 Å². The van der Waals surface area contributed by atoms with E-state index in [9.17, 15) is 4.79 Å². The maximum Gasteiger partial charge on any atom is 0.303 e. The summed E-state index contributed by atoms with van der Waals surface area (Å²) in [4.78, 5) is 10.1. The lowest BCUT2D eigenvalue weighted by Gasteiger charge is -2.09. The normalized spacial score (nSPS) is 12.8. The number of unbranched alkanes of at least 4 members (excludes halogenated alkanes) is 1. The Morgan fingerprint density at radius 2 is 2.17 bits per heavy atom. The summed E-state index contributed by atoms with van der Waals surface area (Å²) in [6, 6.07) is 0. The molecule has 0 radical (unpaired) electrons. The van der Waals surface area contributed by atoms with Gasteiger partial charge in [-0.1, -0.05) is 0 Å². The summed E-state index contributed by atoms with van der Waals surface area (Å²) in [6.45, 7) is 4.83. The van der Waals surface area contributed by atoms with Crippen LogP contribution in [0.25, 0.3) is 0 Å². The van der Waals surface area contributed by atoms with Crippen molar-refractivity contribution >= 4 is 14.1 Å². The topological polar surface area (TPSA) is 46.5 Å². The summed E-state index contributed by atoms with van der Waals surface area (Å²) in [5.41, 5.74) is 0. The quantitative estimate of drug-likeness (QED) is 0.497. The lowest BCUT2D eigenvalue weighted by Crippen LogP contribution is -1.95. The summed E-state index contributed by atoms with van der Waals surface area (Å²) in [7, 11) is -0.304. The van der Waals surface area contributed by atoms with Gasteiger partial charge in [-0.3, -0.25) is 4.79 Å². The van der Waals surface area contributed by atoms with Gasteiger partial charge in [0.2, 0.25) is 0 Å². The molecule has 0 aliphatic heterocycles. The number of hydrogen-bond acceptors (Lipinski definition) is 2.